The topological polar surface area (TPSA) is 129 Å². The molecule has 0 aliphatic heterocycles. The fourth-order valence-electron chi connectivity index (χ4n) is 2.62. The van der Waals surface area contributed by atoms with Gasteiger partial charge in [0, 0.05) is 30.1 Å². The summed E-state index contributed by atoms with van der Waals surface area (Å²) in [6.45, 7) is 4.28. The smallest absolute Gasteiger partial charge is 0.349 e. The Balaban J connectivity index is 1.83. The van der Waals surface area contributed by atoms with Gasteiger partial charge in [-0.25, -0.2) is 9.59 Å². The van der Waals surface area contributed by atoms with Crippen LogP contribution in [0.1, 0.15) is 34.6 Å². The number of nitro benzene ring substituents is 1. The molecule has 0 saturated heterocycles. The van der Waals surface area contributed by atoms with Crippen molar-refractivity contribution in [1.29, 1.82) is 0 Å². The zero-order valence-electron chi connectivity index (χ0n) is 16.2. The maximum Gasteiger partial charge on any atom is 0.349 e. The normalized spacial score (nSPS) is 10.8. The van der Waals surface area contributed by atoms with Crippen LogP contribution in [0.15, 0.2) is 57.7 Å². The highest BCUT2D eigenvalue weighted by Gasteiger charge is 2.16. The van der Waals surface area contributed by atoms with E-state index < -0.39 is 22.4 Å². The fourth-order valence-corrected chi connectivity index (χ4v) is 2.62. The van der Waals surface area contributed by atoms with Gasteiger partial charge in [-0.05, 0) is 30.2 Å². The molecule has 9 heteroatoms. The van der Waals surface area contributed by atoms with Crippen LogP contribution in [0, 0.1) is 16.0 Å². The Labute approximate surface area is 170 Å². The first kappa shape index (κ1) is 20.7. The zero-order chi connectivity index (χ0) is 21.8. The molecule has 0 aliphatic rings. The van der Waals surface area contributed by atoms with Crippen molar-refractivity contribution in [3.8, 4) is 5.75 Å². The zero-order valence-corrected chi connectivity index (χ0v) is 16.2. The number of fused-ring (bicyclic) bond motifs is 1. The molecule has 1 N–H and O–H groups in total. The summed E-state index contributed by atoms with van der Waals surface area (Å²) in [6, 6.07) is 10.9. The molecule has 3 rings (SSSR count). The molecule has 0 bridgehead atoms. The Bertz CT molecular complexity index is 1200. The molecule has 154 valence electrons. The number of rotatable bonds is 6. The van der Waals surface area contributed by atoms with E-state index in [1.54, 1.807) is 0 Å². The number of hydrogen-bond donors (Lipinski definition) is 1. The molecule has 0 saturated carbocycles. The third-order valence-electron chi connectivity index (χ3n) is 4.13. The van der Waals surface area contributed by atoms with Crippen LogP contribution in [0.4, 0.5) is 5.69 Å². The number of non-ortho nitro benzene ring substituents is 1. The minimum absolute atomic E-state index is 0.00270. The van der Waals surface area contributed by atoms with Crippen LogP contribution in [0.5, 0.6) is 5.75 Å². The van der Waals surface area contributed by atoms with Crippen molar-refractivity contribution in [2.24, 2.45) is 5.92 Å². The van der Waals surface area contributed by atoms with Gasteiger partial charge in [0.15, 0.2) is 0 Å². The molecular weight excluding hydrogens is 392 g/mol. The Hall–Kier alpha value is -4.01. The van der Waals surface area contributed by atoms with E-state index in [9.17, 15) is 24.5 Å². The van der Waals surface area contributed by atoms with E-state index in [0.29, 0.717) is 11.9 Å². The van der Waals surface area contributed by atoms with Gasteiger partial charge in [-0.2, -0.15) is 0 Å². The minimum Gasteiger partial charge on any atom is -0.423 e. The van der Waals surface area contributed by atoms with Gasteiger partial charge in [0.2, 0.25) is 0 Å². The molecule has 2 aromatic carbocycles. The van der Waals surface area contributed by atoms with E-state index in [0.717, 1.165) is 6.07 Å². The van der Waals surface area contributed by atoms with Gasteiger partial charge in [0.1, 0.15) is 16.9 Å². The van der Waals surface area contributed by atoms with E-state index in [1.807, 2.05) is 13.8 Å². The Kier molecular flexibility index (Phi) is 5.91. The van der Waals surface area contributed by atoms with Crippen molar-refractivity contribution in [2.45, 2.75) is 13.8 Å². The molecule has 1 heterocycles. The molecule has 1 aromatic heterocycles. The quantitative estimate of drug-likeness (QED) is 0.217. The Morgan fingerprint density at radius 1 is 1.17 bits per heavy atom. The summed E-state index contributed by atoms with van der Waals surface area (Å²) in [5.74, 6) is -1.02. The number of esters is 1. The number of nitro groups is 1. The van der Waals surface area contributed by atoms with Crippen LogP contribution >= 0.6 is 0 Å². The van der Waals surface area contributed by atoms with Crippen molar-refractivity contribution in [2.75, 3.05) is 6.54 Å². The third-order valence-corrected chi connectivity index (χ3v) is 4.13. The maximum atomic E-state index is 12.3. The number of carbonyl (C=O) groups excluding carboxylic acids is 2. The SMILES string of the molecule is CC(C)CNC(=O)c1cc2ccc(OC(=O)c3cccc([N+](=O)[O-])c3)cc2oc1=O. The summed E-state index contributed by atoms with van der Waals surface area (Å²) in [5.41, 5.74) is -1.04. The average Bonchev–Trinajstić information content (AvgIpc) is 2.71. The fraction of sp³-hybridized carbons (Fsp3) is 0.190. The second kappa shape index (κ2) is 8.56. The van der Waals surface area contributed by atoms with E-state index in [4.69, 9.17) is 9.15 Å². The lowest BCUT2D eigenvalue weighted by atomic mass is 10.1. The third kappa shape index (κ3) is 4.69. The first-order valence-electron chi connectivity index (χ1n) is 9.07. The lowest BCUT2D eigenvalue weighted by Crippen LogP contribution is -2.31. The van der Waals surface area contributed by atoms with Crippen molar-refractivity contribution in [3.05, 3.63) is 80.2 Å². The lowest BCUT2D eigenvalue weighted by Gasteiger charge is -2.08. The highest BCUT2D eigenvalue weighted by atomic mass is 16.6. The predicted molar refractivity (Wildman–Crippen MR) is 108 cm³/mol. The van der Waals surface area contributed by atoms with E-state index in [1.165, 1.54) is 42.5 Å². The Morgan fingerprint density at radius 2 is 1.93 bits per heavy atom. The molecule has 0 unspecified atom stereocenters. The molecular formula is C21H18N2O7. The number of benzene rings is 2. The summed E-state index contributed by atoms with van der Waals surface area (Å²) in [4.78, 5) is 46.8. The first-order valence-corrected chi connectivity index (χ1v) is 9.07. The van der Waals surface area contributed by atoms with Crippen molar-refractivity contribution in [1.82, 2.24) is 5.32 Å². The maximum absolute atomic E-state index is 12.3. The summed E-state index contributed by atoms with van der Waals surface area (Å²) in [5, 5.41) is 14.0. The monoisotopic (exact) mass is 410 g/mol. The molecule has 9 nitrogen and oxygen atoms in total. The number of hydrogen-bond acceptors (Lipinski definition) is 7. The second-order valence-corrected chi connectivity index (χ2v) is 6.95. The van der Waals surface area contributed by atoms with Gasteiger partial charge in [-0.3, -0.25) is 14.9 Å². The van der Waals surface area contributed by atoms with Crippen LogP contribution in [0.25, 0.3) is 11.0 Å². The predicted octanol–water partition coefficient (Wildman–Crippen LogP) is 3.31. The lowest BCUT2D eigenvalue weighted by molar-refractivity contribution is -0.384. The van der Waals surface area contributed by atoms with Gasteiger partial charge in [-0.15, -0.1) is 0 Å². The highest BCUT2D eigenvalue weighted by molar-refractivity contribution is 5.97. The van der Waals surface area contributed by atoms with Crippen molar-refractivity contribution >= 4 is 28.5 Å². The van der Waals surface area contributed by atoms with Crippen molar-refractivity contribution in [3.63, 3.8) is 0 Å². The van der Waals surface area contributed by atoms with Gasteiger partial charge in [0.25, 0.3) is 11.6 Å². The number of carbonyl (C=O) groups is 2. The average molecular weight is 410 g/mol. The molecule has 3 aromatic rings. The Morgan fingerprint density at radius 3 is 2.63 bits per heavy atom. The van der Waals surface area contributed by atoms with Gasteiger partial charge < -0.3 is 14.5 Å². The number of amides is 1. The van der Waals surface area contributed by atoms with Crippen LogP contribution in [0.3, 0.4) is 0 Å². The second-order valence-electron chi connectivity index (χ2n) is 6.95. The van der Waals surface area contributed by atoms with E-state index in [2.05, 4.69) is 5.32 Å². The number of nitrogens with one attached hydrogen (secondary N) is 1. The highest BCUT2D eigenvalue weighted by Crippen LogP contribution is 2.22. The van der Waals surface area contributed by atoms with E-state index in [-0.39, 0.29) is 34.1 Å². The molecule has 30 heavy (non-hydrogen) atoms. The standard InChI is InChI=1S/C21H18N2O7/c1-12(2)11-22-19(24)17-9-13-6-7-16(10-18(13)30-21(17)26)29-20(25)14-4-3-5-15(8-14)23(27)28/h3-10,12H,11H2,1-2H3,(H,22,24). The van der Waals surface area contributed by atoms with Crippen molar-refractivity contribution < 1.29 is 23.7 Å². The van der Waals surface area contributed by atoms with Crippen LogP contribution in [-0.4, -0.2) is 23.3 Å². The summed E-state index contributed by atoms with van der Waals surface area (Å²) in [6.07, 6.45) is 0. The number of nitrogens with zero attached hydrogens (tertiary/aromatic N) is 1. The van der Waals surface area contributed by atoms with E-state index >= 15 is 0 Å². The van der Waals surface area contributed by atoms with Crippen LogP contribution < -0.4 is 15.7 Å². The summed E-state index contributed by atoms with van der Waals surface area (Å²) < 4.78 is 10.4. The minimum atomic E-state index is -0.814. The summed E-state index contributed by atoms with van der Waals surface area (Å²) in [7, 11) is 0. The van der Waals surface area contributed by atoms with Crippen LogP contribution in [-0.2, 0) is 0 Å². The molecule has 0 radical (unpaired) electrons. The first-order chi connectivity index (χ1) is 14.2. The summed E-state index contributed by atoms with van der Waals surface area (Å²) >= 11 is 0. The molecule has 0 aliphatic carbocycles. The number of ether oxygens (including phenoxy) is 1. The molecule has 0 fully saturated rings. The van der Waals surface area contributed by atoms with Crippen LogP contribution in [0.2, 0.25) is 0 Å². The largest absolute Gasteiger partial charge is 0.423 e. The molecule has 1 amide bonds. The molecule has 0 spiro atoms. The van der Waals surface area contributed by atoms with Gasteiger partial charge in [0.05, 0.1) is 10.5 Å². The van der Waals surface area contributed by atoms with Gasteiger partial charge in [-0.1, -0.05) is 19.9 Å². The molecule has 0 atom stereocenters. The van der Waals surface area contributed by atoms with Gasteiger partial charge >= 0.3 is 11.6 Å².